The zero-order chi connectivity index (χ0) is 27.6. The van der Waals surface area contributed by atoms with E-state index in [1.807, 2.05) is 35.0 Å². The van der Waals surface area contributed by atoms with Gasteiger partial charge in [0, 0.05) is 76.5 Å². The molecule has 5 amide bonds. The van der Waals surface area contributed by atoms with E-state index in [9.17, 15) is 14.4 Å². The maximum Gasteiger partial charge on any atom is 0.327 e. The van der Waals surface area contributed by atoms with Gasteiger partial charge in [-0.25, -0.2) is 24.4 Å². The first-order valence-corrected chi connectivity index (χ1v) is 13.9. The first-order chi connectivity index (χ1) is 18.9. The van der Waals surface area contributed by atoms with Gasteiger partial charge in [-0.3, -0.25) is 4.57 Å². The molecule has 2 aliphatic heterocycles. The molecule has 0 bridgehead atoms. The molecule has 0 aromatic carbocycles. The number of rotatable bonds is 8. The minimum absolute atomic E-state index is 0.0352. The summed E-state index contributed by atoms with van der Waals surface area (Å²) in [6.07, 6.45) is 11.0. The standard InChI is InChI=1S/C27H41N9O3/c1-3-21(7-14-33(2)24-6-4-5-12-29-24)30-25(37)34-15-8-22(9-16-34)31-26(38)35-17-10-23(11-18-35)32-27(39)36-19-13-28-20-36/h4-6,12-13,19-23H,3,7-11,14-18H2,1-2H3,(H,30,37)(H,31,38)(H,32,39). The summed E-state index contributed by atoms with van der Waals surface area (Å²) in [4.78, 5) is 52.0. The van der Waals surface area contributed by atoms with Crippen LogP contribution in [-0.2, 0) is 0 Å². The Kier molecular flexibility index (Phi) is 9.98. The molecule has 1 unspecified atom stereocenters. The first-order valence-electron chi connectivity index (χ1n) is 13.9. The highest BCUT2D eigenvalue weighted by molar-refractivity contribution is 5.77. The largest absolute Gasteiger partial charge is 0.360 e. The van der Waals surface area contributed by atoms with E-state index in [-0.39, 0.29) is 36.2 Å². The third kappa shape index (κ3) is 8.08. The molecular formula is C27H41N9O3. The summed E-state index contributed by atoms with van der Waals surface area (Å²) < 4.78 is 1.41. The van der Waals surface area contributed by atoms with E-state index in [2.05, 4.69) is 37.7 Å². The Labute approximate surface area is 230 Å². The van der Waals surface area contributed by atoms with Crippen LogP contribution >= 0.6 is 0 Å². The van der Waals surface area contributed by atoms with Crippen molar-refractivity contribution in [3.05, 3.63) is 43.1 Å². The Hall–Kier alpha value is -3.83. The van der Waals surface area contributed by atoms with Gasteiger partial charge in [0.1, 0.15) is 12.1 Å². The van der Waals surface area contributed by atoms with Gasteiger partial charge in [0.05, 0.1) is 0 Å². The fraction of sp³-hybridized carbons (Fsp3) is 0.593. The number of pyridine rings is 1. The molecule has 2 aliphatic rings. The summed E-state index contributed by atoms with van der Waals surface area (Å²) in [6.45, 7) is 5.31. The van der Waals surface area contributed by atoms with E-state index in [1.165, 1.54) is 10.9 Å². The molecule has 39 heavy (non-hydrogen) atoms. The lowest BCUT2D eigenvalue weighted by atomic mass is 10.0. The van der Waals surface area contributed by atoms with Crippen LogP contribution in [0.15, 0.2) is 43.1 Å². The number of likely N-dealkylation sites (tertiary alicyclic amines) is 2. The van der Waals surface area contributed by atoms with Crippen molar-refractivity contribution in [2.24, 2.45) is 0 Å². The van der Waals surface area contributed by atoms with E-state index in [1.54, 1.807) is 18.6 Å². The van der Waals surface area contributed by atoms with E-state index in [0.717, 1.165) is 38.0 Å². The number of hydrogen-bond donors (Lipinski definition) is 3. The van der Waals surface area contributed by atoms with Crippen molar-refractivity contribution in [1.29, 1.82) is 0 Å². The van der Waals surface area contributed by atoms with Gasteiger partial charge in [0.15, 0.2) is 0 Å². The van der Waals surface area contributed by atoms with Crippen molar-refractivity contribution in [3.63, 3.8) is 0 Å². The molecule has 2 aromatic rings. The number of carbonyl (C=O) groups is 3. The van der Waals surface area contributed by atoms with Crippen LogP contribution in [0.2, 0.25) is 0 Å². The summed E-state index contributed by atoms with van der Waals surface area (Å²) in [7, 11) is 2.01. The van der Waals surface area contributed by atoms with Crippen molar-refractivity contribution in [2.45, 2.75) is 63.6 Å². The third-order valence-electron chi connectivity index (χ3n) is 7.63. The normalized spacial score (nSPS) is 17.4. The molecule has 2 saturated heterocycles. The maximum atomic E-state index is 12.9. The predicted molar refractivity (Wildman–Crippen MR) is 149 cm³/mol. The van der Waals surface area contributed by atoms with Gasteiger partial charge in [-0.2, -0.15) is 0 Å². The summed E-state index contributed by atoms with van der Waals surface area (Å²) in [5.74, 6) is 0.921. The smallest absolute Gasteiger partial charge is 0.327 e. The number of aromatic nitrogens is 3. The van der Waals surface area contributed by atoms with E-state index in [0.29, 0.717) is 39.0 Å². The van der Waals surface area contributed by atoms with E-state index < -0.39 is 0 Å². The van der Waals surface area contributed by atoms with Crippen molar-refractivity contribution >= 4 is 23.9 Å². The molecule has 2 fully saturated rings. The van der Waals surface area contributed by atoms with Gasteiger partial charge in [-0.1, -0.05) is 13.0 Å². The zero-order valence-electron chi connectivity index (χ0n) is 23.0. The predicted octanol–water partition coefficient (Wildman–Crippen LogP) is 2.49. The number of carbonyl (C=O) groups excluding carboxylic acids is 3. The monoisotopic (exact) mass is 539 g/mol. The van der Waals surface area contributed by atoms with Gasteiger partial charge in [0.25, 0.3) is 0 Å². The zero-order valence-corrected chi connectivity index (χ0v) is 23.0. The molecule has 0 saturated carbocycles. The van der Waals surface area contributed by atoms with Crippen LogP contribution in [0.5, 0.6) is 0 Å². The summed E-state index contributed by atoms with van der Waals surface area (Å²) in [5, 5.41) is 9.32. The Morgan fingerprint density at radius 3 is 2.15 bits per heavy atom. The average Bonchev–Trinajstić information content (AvgIpc) is 3.52. The lowest BCUT2D eigenvalue weighted by Crippen LogP contribution is -2.55. The number of nitrogens with zero attached hydrogens (tertiary/aromatic N) is 6. The lowest BCUT2D eigenvalue weighted by Gasteiger charge is -2.36. The Morgan fingerprint density at radius 1 is 0.949 bits per heavy atom. The summed E-state index contributed by atoms with van der Waals surface area (Å²) in [5.41, 5.74) is 0. The molecule has 1 atom stereocenters. The van der Waals surface area contributed by atoms with Crippen molar-refractivity contribution in [3.8, 4) is 0 Å². The minimum atomic E-state index is -0.201. The number of nitrogens with one attached hydrogen (secondary N) is 3. The van der Waals surface area contributed by atoms with Gasteiger partial charge in [0.2, 0.25) is 0 Å². The maximum absolute atomic E-state index is 12.9. The molecular weight excluding hydrogens is 498 g/mol. The molecule has 2 aromatic heterocycles. The van der Waals surface area contributed by atoms with Gasteiger partial charge in [-0.05, 0) is 50.7 Å². The fourth-order valence-electron chi connectivity index (χ4n) is 5.04. The highest BCUT2D eigenvalue weighted by Gasteiger charge is 2.28. The van der Waals surface area contributed by atoms with Crippen LogP contribution in [-0.4, -0.2) is 100 Å². The van der Waals surface area contributed by atoms with Crippen molar-refractivity contribution in [1.82, 2.24) is 40.3 Å². The third-order valence-corrected chi connectivity index (χ3v) is 7.63. The molecule has 4 heterocycles. The SMILES string of the molecule is CCC(CCN(C)c1ccccn1)NC(=O)N1CCC(NC(=O)N2CCC(NC(=O)n3ccnc3)CC2)CC1. The van der Waals surface area contributed by atoms with Crippen LogP contribution in [0.25, 0.3) is 0 Å². The topological polar surface area (TPSA) is 128 Å². The second-order valence-electron chi connectivity index (χ2n) is 10.3. The summed E-state index contributed by atoms with van der Waals surface area (Å²) in [6, 6.07) is 5.72. The second kappa shape index (κ2) is 13.8. The van der Waals surface area contributed by atoms with Crippen LogP contribution in [0, 0.1) is 0 Å². The van der Waals surface area contributed by atoms with Crippen LogP contribution in [0.1, 0.15) is 45.4 Å². The fourth-order valence-corrected chi connectivity index (χ4v) is 5.04. The number of imidazole rings is 1. The molecule has 12 nitrogen and oxygen atoms in total. The van der Waals surface area contributed by atoms with Gasteiger partial charge < -0.3 is 30.7 Å². The summed E-state index contributed by atoms with van der Waals surface area (Å²) >= 11 is 0. The second-order valence-corrected chi connectivity index (χ2v) is 10.3. The van der Waals surface area contributed by atoms with E-state index >= 15 is 0 Å². The molecule has 212 valence electrons. The van der Waals surface area contributed by atoms with Gasteiger partial charge in [-0.15, -0.1) is 0 Å². The molecule has 0 aliphatic carbocycles. The molecule has 12 heteroatoms. The Morgan fingerprint density at radius 2 is 1.59 bits per heavy atom. The van der Waals surface area contributed by atoms with Crippen molar-refractivity contribution < 1.29 is 14.4 Å². The lowest BCUT2D eigenvalue weighted by molar-refractivity contribution is 0.157. The number of piperidine rings is 2. The highest BCUT2D eigenvalue weighted by Crippen LogP contribution is 2.15. The Bertz CT molecular complexity index is 1050. The molecule has 0 spiro atoms. The minimum Gasteiger partial charge on any atom is -0.360 e. The van der Waals surface area contributed by atoms with Crippen molar-refractivity contribution in [2.75, 3.05) is 44.7 Å². The van der Waals surface area contributed by atoms with E-state index in [4.69, 9.17) is 0 Å². The average molecular weight is 540 g/mol. The Balaban J connectivity index is 1.12. The quantitative estimate of drug-likeness (QED) is 0.473. The number of amides is 5. The van der Waals surface area contributed by atoms with Gasteiger partial charge >= 0.3 is 18.1 Å². The molecule has 4 rings (SSSR count). The highest BCUT2D eigenvalue weighted by atomic mass is 16.2. The van der Waals surface area contributed by atoms with Crippen LogP contribution in [0.4, 0.5) is 20.2 Å². The number of hydrogen-bond acceptors (Lipinski definition) is 6. The van der Waals surface area contributed by atoms with Crippen LogP contribution in [0.3, 0.4) is 0 Å². The van der Waals surface area contributed by atoms with Crippen LogP contribution < -0.4 is 20.9 Å². The first kappa shape index (κ1) is 28.2. The molecule has 3 N–H and O–H groups in total. The molecule has 0 radical (unpaired) electrons. The number of anilines is 1. The number of urea groups is 2.